The summed E-state index contributed by atoms with van der Waals surface area (Å²) in [6.07, 6.45) is 0. The van der Waals surface area contributed by atoms with Crippen molar-refractivity contribution in [3.8, 4) is 0 Å². The van der Waals surface area contributed by atoms with Gasteiger partial charge in [0.2, 0.25) is 5.89 Å². The van der Waals surface area contributed by atoms with E-state index in [0.717, 1.165) is 43.5 Å². The maximum atomic E-state index is 5.25. The van der Waals surface area contributed by atoms with Crippen molar-refractivity contribution in [3.63, 3.8) is 0 Å². The Bertz CT molecular complexity index is 613. The Morgan fingerprint density at radius 1 is 1.20 bits per heavy atom. The highest BCUT2D eigenvalue weighted by Crippen LogP contribution is 2.18. The van der Waals surface area contributed by atoms with Crippen LogP contribution in [0.2, 0.25) is 0 Å². The summed E-state index contributed by atoms with van der Waals surface area (Å²) in [5.41, 5.74) is 2.41. The van der Waals surface area contributed by atoms with Crippen molar-refractivity contribution < 1.29 is 4.52 Å². The molecule has 2 aromatic heterocycles. The van der Waals surface area contributed by atoms with Gasteiger partial charge in [0.15, 0.2) is 5.82 Å². The van der Waals surface area contributed by atoms with Gasteiger partial charge in [0.1, 0.15) is 5.82 Å². The summed E-state index contributed by atoms with van der Waals surface area (Å²) in [6.45, 7) is 11.9. The largest absolute Gasteiger partial charge is 0.339 e. The van der Waals surface area contributed by atoms with Crippen molar-refractivity contribution in [3.05, 3.63) is 28.9 Å². The minimum absolute atomic E-state index is 0.279. The van der Waals surface area contributed by atoms with Crippen LogP contribution in [0.1, 0.15) is 48.7 Å². The summed E-state index contributed by atoms with van der Waals surface area (Å²) in [5.74, 6) is 2.90. The van der Waals surface area contributed by atoms with E-state index in [-0.39, 0.29) is 5.92 Å². The minimum Gasteiger partial charge on any atom is -0.339 e. The molecule has 0 amide bonds. The molecule has 3 rings (SSSR count). The van der Waals surface area contributed by atoms with Crippen LogP contribution in [0.4, 0.5) is 0 Å². The number of imidazole rings is 1. The van der Waals surface area contributed by atoms with Gasteiger partial charge in [-0.1, -0.05) is 19.0 Å². The Hall–Kier alpha value is -1.69. The van der Waals surface area contributed by atoms with E-state index < -0.39 is 0 Å². The van der Waals surface area contributed by atoms with E-state index >= 15 is 0 Å². The molecule has 0 fully saturated rings. The van der Waals surface area contributed by atoms with Gasteiger partial charge in [0, 0.05) is 24.7 Å². The van der Waals surface area contributed by atoms with Gasteiger partial charge in [-0.3, -0.25) is 4.90 Å². The molecule has 0 aromatic carbocycles. The first-order valence-corrected chi connectivity index (χ1v) is 7.12. The topological polar surface area (TPSA) is 60.0 Å². The Labute approximate surface area is 118 Å². The maximum Gasteiger partial charge on any atom is 0.229 e. The van der Waals surface area contributed by atoms with Crippen molar-refractivity contribution in [2.24, 2.45) is 0 Å². The van der Waals surface area contributed by atoms with E-state index in [9.17, 15) is 0 Å². The molecule has 0 radical (unpaired) electrons. The Kier molecular flexibility index (Phi) is 3.33. The third kappa shape index (κ3) is 2.35. The SMILES string of the molecule is Cc1nc2n(c1C)CCN(Cc1noc(C(C)C)n1)C2. The first kappa shape index (κ1) is 13.3. The molecule has 0 spiro atoms. The third-order valence-electron chi connectivity index (χ3n) is 3.88. The lowest BCUT2D eigenvalue weighted by Gasteiger charge is -2.26. The average Bonchev–Trinajstić information content (AvgIpc) is 2.96. The Morgan fingerprint density at radius 3 is 2.70 bits per heavy atom. The Balaban J connectivity index is 1.70. The zero-order valence-corrected chi connectivity index (χ0v) is 12.6. The number of rotatable bonds is 3. The molecule has 6 heteroatoms. The van der Waals surface area contributed by atoms with E-state index in [1.54, 1.807) is 0 Å². The minimum atomic E-state index is 0.279. The van der Waals surface area contributed by atoms with Crippen molar-refractivity contribution in [1.29, 1.82) is 0 Å². The van der Waals surface area contributed by atoms with E-state index in [2.05, 4.69) is 52.3 Å². The van der Waals surface area contributed by atoms with Crippen molar-refractivity contribution >= 4 is 0 Å². The van der Waals surface area contributed by atoms with Crippen LogP contribution >= 0.6 is 0 Å². The smallest absolute Gasteiger partial charge is 0.229 e. The number of aryl methyl sites for hydroxylation is 1. The molecule has 1 aliphatic rings. The second kappa shape index (κ2) is 5.01. The second-order valence-electron chi connectivity index (χ2n) is 5.76. The maximum absolute atomic E-state index is 5.25. The van der Waals surface area contributed by atoms with Gasteiger partial charge in [-0.15, -0.1) is 0 Å². The Morgan fingerprint density at radius 2 is 2.00 bits per heavy atom. The lowest BCUT2D eigenvalue weighted by molar-refractivity contribution is 0.200. The monoisotopic (exact) mass is 275 g/mol. The molecule has 0 saturated carbocycles. The fourth-order valence-electron chi connectivity index (χ4n) is 2.56. The highest BCUT2D eigenvalue weighted by atomic mass is 16.5. The molecule has 2 aromatic rings. The van der Waals surface area contributed by atoms with Crippen LogP contribution in [0.3, 0.4) is 0 Å². The molecule has 0 N–H and O–H groups in total. The normalized spacial score (nSPS) is 15.8. The summed E-state index contributed by atoms with van der Waals surface area (Å²) in [5, 5.41) is 4.06. The lowest BCUT2D eigenvalue weighted by atomic mass is 10.2. The number of hydrogen-bond acceptors (Lipinski definition) is 5. The molecule has 108 valence electrons. The van der Waals surface area contributed by atoms with Crippen molar-refractivity contribution in [1.82, 2.24) is 24.6 Å². The molecule has 6 nitrogen and oxygen atoms in total. The zero-order valence-electron chi connectivity index (χ0n) is 12.6. The van der Waals surface area contributed by atoms with Crippen molar-refractivity contribution in [2.75, 3.05) is 6.54 Å². The molecule has 0 atom stereocenters. The van der Waals surface area contributed by atoms with Crippen LogP contribution in [0.25, 0.3) is 0 Å². The van der Waals surface area contributed by atoms with Gasteiger partial charge in [0.25, 0.3) is 0 Å². The summed E-state index contributed by atoms with van der Waals surface area (Å²) >= 11 is 0. The average molecular weight is 275 g/mol. The van der Waals surface area contributed by atoms with Gasteiger partial charge in [-0.2, -0.15) is 4.98 Å². The predicted molar refractivity (Wildman–Crippen MR) is 74.2 cm³/mol. The van der Waals surface area contributed by atoms with Crippen LogP contribution in [0.5, 0.6) is 0 Å². The molecular formula is C14H21N5O. The van der Waals surface area contributed by atoms with Crippen LogP contribution in [-0.2, 0) is 19.6 Å². The summed E-state index contributed by atoms with van der Waals surface area (Å²) in [6, 6.07) is 0. The first-order valence-electron chi connectivity index (χ1n) is 7.12. The van der Waals surface area contributed by atoms with Gasteiger partial charge in [0.05, 0.1) is 18.8 Å². The van der Waals surface area contributed by atoms with E-state index in [1.807, 2.05) is 0 Å². The van der Waals surface area contributed by atoms with Crippen LogP contribution in [0.15, 0.2) is 4.52 Å². The first-order chi connectivity index (χ1) is 9.54. The summed E-state index contributed by atoms with van der Waals surface area (Å²) < 4.78 is 7.56. The predicted octanol–water partition coefficient (Wildman–Crippen LogP) is 2.02. The molecule has 20 heavy (non-hydrogen) atoms. The molecule has 1 aliphatic heterocycles. The molecule has 0 saturated heterocycles. The van der Waals surface area contributed by atoms with E-state index in [1.165, 1.54) is 5.69 Å². The van der Waals surface area contributed by atoms with Gasteiger partial charge < -0.3 is 9.09 Å². The fraction of sp³-hybridized carbons (Fsp3) is 0.643. The third-order valence-corrected chi connectivity index (χ3v) is 3.88. The summed E-state index contributed by atoms with van der Waals surface area (Å²) in [7, 11) is 0. The zero-order chi connectivity index (χ0) is 14.3. The van der Waals surface area contributed by atoms with Crippen molar-refractivity contribution in [2.45, 2.75) is 53.2 Å². The van der Waals surface area contributed by atoms with Crippen LogP contribution < -0.4 is 0 Å². The molecular weight excluding hydrogens is 254 g/mol. The highest BCUT2D eigenvalue weighted by Gasteiger charge is 2.22. The number of fused-ring (bicyclic) bond motifs is 1. The molecule has 0 unspecified atom stereocenters. The molecule has 0 aliphatic carbocycles. The quantitative estimate of drug-likeness (QED) is 0.857. The number of hydrogen-bond donors (Lipinski definition) is 0. The van der Waals surface area contributed by atoms with E-state index in [4.69, 9.17) is 4.52 Å². The number of nitrogens with zero attached hydrogens (tertiary/aromatic N) is 5. The fourth-order valence-corrected chi connectivity index (χ4v) is 2.56. The second-order valence-corrected chi connectivity index (χ2v) is 5.76. The molecule has 0 bridgehead atoms. The van der Waals surface area contributed by atoms with Gasteiger partial charge in [-0.05, 0) is 13.8 Å². The molecule has 3 heterocycles. The van der Waals surface area contributed by atoms with Gasteiger partial charge in [-0.25, -0.2) is 4.98 Å². The standard InChI is InChI=1S/C14H21N5O/c1-9(2)14-16-12(17-20-14)7-18-5-6-19-11(4)10(3)15-13(19)8-18/h9H,5-8H2,1-4H3. The van der Waals surface area contributed by atoms with Gasteiger partial charge >= 0.3 is 0 Å². The number of aromatic nitrogens is 4. The van der Waals surface area contributed by atoms with Crippen LogP contribution in [0, 0.1) is 13.8 Å². The summed E-state index contributed by atoms with van der Waals surface area (Å²) in [4.78, 5) is 11.4. The lowest BCUT2D eigenvalue weighted by Crippen LogP contribution is -2.34. The highest BCUT2D eigenvalue weighted by molar-refractivity contribution is 5.15. The van der Waals surface area contributed by atoms with E-state index in [0.29, 0.717) is 5.89 Å². The van der Waals surface area contributed by atoms with Crippen LogP contribution in [-0.4, -0.2) is 31.1 Å².